The zero-order valence-corrected chi connectivity index (χ0v) is 16.4. The van der Waals surface area contributed by atoms with Gasteiger partial charge in [-0.1, -0.05) is 11.6 Å². The predicted octanol–water partition coefficient (Wildman–Crippen LogP) is 4.27. The summed E-state index contributed by atoms with van der Waals surface area (Å²) in [7, 11) is 1.60. The van der Waals surface area contributed by atoms with E-state index in [1.54, 1.807) is 25.6 Å². The van der Waals surface area contributed by atoms with Crippen LogP contribution < -0.4 is 9.64 Å². The van der Waals surface area contributed by atoms with E-state index in [0.29, 0.717) is 29.2 Å². The lowest BCUT2D eigenvalue weighted by molar-refractivity contribution is -0.00868. The van der Waals surface area contributed by atoms with Crippen molar-refractivity contribution in [3.8, 4) is 11.8 Å². The predicted molar refractivity (Wildman–Crippen MR) is 106 cm³/mol. The monoisotopic (exact) mass is 385 g/mol. The number of anilines is 1. The second kappa shape index (κ2) is 8.16. The van der Waals surface area contributed by atoms with Crippen LogP contribution in [0.5, 0.6) is 5.75 Å². The van der Waals surface area contributed by atoms with E-state index in [1.807, 2.05) is 18.2 Å². The second-order valence-corrected chi connectivity index (χ2v) is 7.36. The molecule has 0 amide bonds. The lowest BCUT2D eigenvalue weighted by Gasteiger charge is -2.43. The third-order valence-electron chi connectivity index (χ3n) is 5.37. The number of aromatic nitrogens is 1. The Labute approximate surface area is 165 Å². The molecule has 0 saturated heterocycles. The van der Waals surface area contributed by atoms with Gasteiger partial charge >= 0.3 is 0 Å². The van der Waals surface area contributed by atoms with Crippen molar-refractivity contribution < 1.29 is 9.84 Å². The summed E-state index contributed by atoms with van der Waals surface area (Å²) in [5.41, 5.74) is 1.30. The number of hydrogen-bond acceptors (Lipinski definition) is 5. The molecule has 1 N–H and O–H groups in total. The molecule has 3 rings (SSSR count). The van der Waals surface area contributed by atoms with Crippen molar-refractivity contribution in [1.29, 1.82) is 5.26 Å². The molecule has 27 heavy (non-hydrogen) atoms. The standard InChI is InChI=1S/C21H24ClN3O2/c1-3-25(17-7-6-15(12-23)20(22)10-17)18-5-4-8-21(26,11-18)16-9-19(27-2)14-24-13-16/h6-7,9-10,13-14,18,26H,3-5,8,11H2,1-2H3. The van der Waals surface area contributed by atoms with Gasteiger partial charge in [0.25, 0.3) is 0 Å². The van der Waals surface area contributed by atoms with E-state index in [1.165, 1.54) is 0 Å². The Morgan fingerprint density at radius 3 is 2.89 bits per heavy atom. The number of nitriles is 1. The molecule has 1 fully saturated rings. The fourth-order valence-electron chi connectivity index (χ4n) is 3.96. The number of nitrogens with zero attached hydrogens (tertiary/aromatic N) is 3. The van der Waals surface area contributed by atoms with Crippen molar-refractivity contribution in [3.63, 3.8) is 0 Å². The third kappa shape index (κ3) is 4.02. The summed E-state index contributed by atoms with van der Waals surface area (Å²) >= 11 is 6.23. The Kier molecular flexibility index (Phi) is 5.88. The van der Waals surface area contributed by atoms with Gasteiger partial charge in [-0.15, -0.1) is 0 Å². The fourth-order valence-corrected chi connectivity index (χ4v) is 4.18. The Morgan fingerprint density at radius 2 is 2.22 bits per heavy atom. The normalized spacial score (nSPS) is 22.1. The van der Waals surface area contributed by atoms with Gasteiger partial charge in [0.15, 0.2) is 0 Å². The number of benzene rings is 1. The highest BCUT2D eigenvalue weighted by molar-refractivity contribution is 6.32. The second-order valence-electron chi connectivity index (χ2n) is 6.96. The number of methoxy groups -OCH3 is 1. The zero-order valence-electron chi connectivity index (χ0n) is 15.7. The molecule has 1 aromatic carbocycles. The van der Waals surface area contributed by atoms with Gasteiger partial charge in [0, 0.05) is 36.5 Å². The van der Waals surface area contributed by atoms with Crippen LogP contribution in [0.25, 0.3) is 0 Å². The minimum atomic E-state index is -0.936. The summed E-state index contributed by atoms with van der Waals surface area (Å²) in [5, 5.41) is 20.9. The highest BCUT2D eigenvalue weighted by atomic mass is 35.5. The van der Waals surface area contributed by atoms with Crippen LogP contribution in [0.2, 0.25) is 5.02 Å². The summed E-state index contributed by atoms with van der Waals surface area (Å²) in [6.45, 7) is 2.88. The van der Waals surface area contributed by atoms with Crippen molar-refractivity contribution in [2.75, 3.05) is 18.6 Å². The number of hydrogen-bond donors (Lipinski definition) is 1. The molecule has 1 aliphatic carbocycles. The van der Waals surface area contributed by atoms with Crippen molar-refractivity contribution in [2.24, 2.45) is 0 Å². The lowest BCUT2D eigenvalue weighted by atomic mass is 9.77. The Morgan fingerprint density at radius 1 is 1.41 bits per heavy atom. The first-order chi connectivity index (χ1) is 13.0. The van der Waals surface area contributed by atoms with E-state index < -0.39 is 5.60 Å². The molecular formula is C21H24ClN3O2. The van der Waals surface area contributed by atoms with E-state index in [0.717, 1.165) is 30.6 Å². The molecule has 1 aromatic heterocycles. The van der Waals surface area contributed by atoms with Crippen molar-refractivity contribution in [1.82, 2.24) is 4.98 Å². The van der Waals surface area contributed by atoms with Crippen molar-refractivity contribution in [3.05, 3.63) is 52.8 Å². The van der Waals surface area contributed by atoms with Crippen LogP contribution in [0.3, 0.4) is 0 Å². The molecule has 1 saturated carbocycles. The number of rotatable bonds is 5. The smallest absolute Gasteiger partial charge is 0.137 e. The molecule has 0 bridgehead atoms. The SMILES string of the molecule is CCN(c1ccc(C#N)c(Cl)c1)C1CCCC(O)(c2cncc(OC)c2)C1. The topological polar surface area (TPSA) is 69.4 Å². The first kappa shape index (κ1) is 19.5. The van der Waals surface area contributed by atoms with Crippen LogP contribution in [0.4, 0.5) is 5.69 Å². The average Bonchev–Trinajstić information content (AvgIpc) is 2.69. The lowest BCUT2D eigenvalue weighted by Crippen LogP contribution is -2.44. The number of aliphatic hydroxyl groups is 1. The molecular weight excluding hydrogens is 362 g/mol. The zero-order chi connectivity index (χ0) is 19.4. The average molecular weight is 386 g/mol. The molecule has 2 aromatic rings. The maximum absolute atomic E-state index is 11.4. The summed E-state index contributed by atoms with van der Waals surface area (Å²) in [5.74, 6) is 0.647. The van der Waals surface area contributed by atoms with Crippen LogP contribution in [-0.4, -0.2) is 29.8 Å². The van der Waals surface area contributed by atoms with Crippen LogP contribution >= 0.6 is 11.6 Å². The molecule has 0 spiro atoms. The molecule has 1 heterocycles. The highest BCUT2D eigenvalue weighted by Crippen LogP contribution is 2.40. The van der Waals surface area contributed by atoms with Crippen LogP contribution in [-0.2, 0) is 5.60 Å². The van der Waals surface area contributed by atoms with Gasteiger partial charge in [0.1, 0.15) is 11.8 Å². The minimum Gasteiger partial charge on any atom is -0.495 e. The summed E-state index contributed by atoms with van der Waals surface area (Å²) in [4.78, 5) is 6.46. The van der Waals surface area contributed by atoms with Gasteiger partial charge < -0.3 is 14.7 Å². The summed E-state index contributed by atoms with van der Waals surface area (Å²) in [6.07, 6.45) is 6.57. The summed E-state index contributed by atoms with van der Waals surface area (Å²) in [6, 6.07) is 9.65. The molecule has 0 aliphatic heterocycles. The summed E-state index contributed by atoms with van der Waals surface area (Å²) < 4.78 is 5.27. The minimum absolute atomic E-state index is 0.170. The number of pyridine rings is 1. The van der Waals surface area contributed by atoms with Gasteiger partial charge in [0.2, 0.25) is 0 Å². The molecule has 6 heteroatoms. The van der Waals surface area contributed by atoms with Gasteiger partial charge in [-0.25, -0.2) is 0 Å². The molecule has 0 radical (unpaired) electrons. The number of ether oxygens (including phenoxy) is 1. The van der Waals surface area contributed by atoms with Gasteiger partial charge in [-0.3, -0.25) is 4.98 Å². The van der Waals surface area contributed by atoms with E-state index in [4.69, 9.17) is 21.6 Å². The molecule has 142 valence electrons. The first-order valence-corrected chi connectivity index (χ1v) is 9.56. The maximum Gasteiger partial charge on any atom is 0.137 e. The molecule has 2 unspecified atom stereocenters. The highest BCUT2D eigenvalue weighted by Gasteiger charge is 2.38. The largest absolute Gasteiger partial charge is 0.495 e. The Hall–Kier alpha value is -2.29. The molecule has 2 atom stereocenters. The number of halogens is 1. The third-order valence-corrected chi connectivity index (χ3v) is 5.69. The Bertz CT molecular complexity index is 852. The van der Waals surface area contributed by atoms with Crippen LogP contribution in [0.1, 0.15) is 43.7 Å². The van der Waals surface area contributed by atoms with E-state index in [2.05, 4.69) is 22.9 Å². The fraction of sp³-hybridized carbons (Fsp3) is 0.429. The van der Waals surface area contributed by atoms with Crippen molar-refractivity contribution >= 4 is 17.3 Å². The van der Waals surface area contributed by atoms with Crippen LogP contribution in [0.15, 0.2) is 36.7 Å². The Balaban J connectivity index is 1.87. The van der Waals surface area contributed by atoms with E-state index >= 15 is 0 Å². The van der Waals surface area contributed by atoms with Gasteiger partial charge in [-0.05, 0) is 50.5 Å². The van der Waals surface area contributed by atoms with Gasteiger partial charge in [0.05, 0.1) is 29.5 Å². The molecule has 5 nitrogen and oxygen atoms in total. The van der Waals surface area contributed by atoms with E-state index in [-0.39, 0.29) is 6.04 Å². The van der Waals surface area contributed by atoms with Crippen molar-refractivity contribution in [2.45, 2.75) is 44.2 Å². The van der Waals surface area contributed by atoms with E-state index in [9.17, 15) is 5.11 Å². The molecule has 1 aliphatic rings. The first-order valence-electron chi connectivity index (χ1n) is 9.19. The maximum atomic E-state index is 11.4. The van der Waals surface area contributed by atoms with Crippen LogP contribution in [0, 0.1) is 11.3 Å². The quantitative estimate of drug-likeness (QED) is 0.832. The van der Waals surface area contributed by atoms with Gasteiger partial charge in [-0.2, -0.15) is 5.26 Å².